The third-order valence-corrected chi connectivity index (χ3v) is 8.89. The highest BCUT2D eigenvalue weighted by Gasteiger charge is 2.42. The predicted molar refractivity (Wildman–Crippen MR) is 137 cm³/mol. The van der Waals surface area contributed by atoms with Gasteiger partial charge in [0.15, 0.2) is 9.35 Å². The molecule has 1 spiro atoms. The molecule has 4 heterocycles. The van der Waals surface area contributed by atoms with Crippen molar-refractivity contribution in [3.05, 3.63) is 39.5 Å². The van der Waals surface area contributed by atoms with E-state index in [-0.39, 0.29) is 11.4 Å². The lowest BCUT2D eigenvalue weighted by molar-refractivity contribution is 0.0666. The first kappa shape index (κ1) is 23.0. The summed E-state index contributed by atoms with van der Waals surface area (Å²) in [6.07, 6.45) is 4.32. The lowest BCUT2D eigenvalue weighted by Gasteiger charge is -2.39. The molecule has 10 heteroatoms. The van der Waals surface area contributed by atoms with Crippen LogP contribution in [0.1, 0.15) is 18.4 Å². The maximum Gasteiger partial charge on any atom is 0.182 e. The van der Waals surface area contributed by atoms with Gasteiger partial charge in [0.05, 0.1) is 6.20 Å². The Morgan fingerprint density at radius 3 is 2.79 bits per heavy atom. The highest BCUT2D eigenvalue weighted by atomic mass is 127. The molecule has 0 bridgehead atoms. The lowest BCUT2D eigenvalue weighted by Crippen LogP contribution is -2.47. The molecular formula is C23H29FIN5O2Si. The van der Waals surface area contributed by atoms with Gasteiger partial charge >= 0.3 is 0 Å². The fourth-order valence-corrected chi connectivity index (χ4v) is 5.89. The number of halogens is 2. The van der Waals surface area contributed by atoms with E-state index in [1.54, 1.807) is 12.1 Å². The third kappa shape index (κ3) is 4.88. The second kappa shape index (κ2) is 8.77. The Morgan fingerprint density at radius 1 is 1.24 bits per heavy atom. The topological polar surface area (TPSA) is 65.3 Å². The molecule has 0 atom stereocenters. The van der Waals surface area contributed by atoms with Gasteiger partial charge in [-0.05, 0) is 46.8 Å². The van der Waals surface area contributed by atoms with Gasteiger partial charge in [-0.2, -0.15) is 5.10 Å². The van der Waals surface area contributed by atoms with Gasteiger partial charge in [0, 0.05) is 52.6 Å². The second-order valence-corrected chi connectivity index (χ2v) is 16.9. The van der Waals surface area contributed by atoms with Crippen LogP contribution in [0.25, 0.3) is 11.2 Å². The number of fused-ring (bicyclic) bond motifs is 2. The number of benzene rings is 1. The number of piperidine rings is 1. The Hall–Kier alpha value is -1.79. The Bertz CT molecular complexity index is 1170. The number of aromatic nitrogens is 4. The van der Waals surface area contributed by atoms with Crippen LogP contribution in [0.5, 0.6) is 5.75 Å². The van der Waals surface area contributed by atoms with Gasteiger partial charge in [-0.3, -0.25) is 0 Å². The van der Waals surface area contributed by atoms with Crippen LogP contribution in [0.4, 0.5) is 10.2 Å². The maximum atomic E-state index is 13.6. The number of hydrogen-bond donors (Lipinski definition) is 0. The van der Waals surface area contributed by atoms with Crippen molar-refractivity contribution in [1.29, 1.82) is 0 Å². The van der Waals surface area contributed by atoms with Gasteiger partial charge in [-0.15, -0.1) is 0 Å². The van der Waals surface area contributed by atoms with Crippen LogP contribution >= 0.6 is 22.6 Å². The minimum Gasteiger partial charge on any atom is -0.487 e. The lowest BCUT2D eigenvalue weighted by atomic mass is 9.87. The summed E-state index contributed by atoms with van der Waals surface area (Å²) in [5.41, 5.74) is 2.28. The summed E-state index contributed by atoms with van der Waals surface area (Å²) in [6, 6.07) is 5.94. The van der Waals surface area contributed by atoms with Crippen LogP contribution in [0.3, 0.4) is 0 Å². The minimum atomic E-state index is -1.13. The number of ether oxygens (including phenoxy) is 2. The van der Waals surface area contributed by atoms with E-state index in [1.165, 1.54) is 6.07 Å². The molecule has 7 nitrogen and oxygen atoms in total. The first-order valence-corrected chi connectivity index (χ1v) is 16.2. The Labute approximate surface area is 207 Å². The van der Waals surface area contributed by atoms with E-state index < -0.39 is 8.07 Å². The zero-order valence-electron chi connectivity index (χ0n) is 19.3. The van der Waals surface area contributed by atoms with E-state index in [0.29, 0.717) is 6.73 Å². The van der Waals surface area contributed by atoms with E-state index in [0.717, 1.165) is 77.0 Å². The number of rotatable bonds is 6. The smallest absolute Gasteiger partial charge is 0.182 e. The van der Waals surface area contributed by atoms with Crippen LogP contribution in [0.2, 0.25) is 25.7 Å². The Kier molecular flexibility index (Phi) is 6.10. The third-order valence-electron chi connectivity index (χ3n) is 6.46. The minimum absolute atomic E-state index is 0.203. The summed E-state index contributed by atoms with van der Waals surface area (Å²) < 4.78 is 28.5. The van der Waals surface area contributed by atoms with Crippen molar-refractivity contribution in [1.82, 2.24) is 19.7 Å². The quantitative estimate of drug-likeness (QED) is 0.236. The van der Waals surface area contributed by atoms with Crippen LogP contribution in [-0.4, -0.2) is 53.1 Å². The van der Waals surface area contributed by atoms with E-state index in [9.17, 15) is 4.39 Å². The molecule has 5 rings (SSSR count). The highest BCUT2D eigenvalue weighted by Crippen LogP contribution is 2.41. The molecule has 2 aliphatic heterocycles. The van der Waals surface area contributed by atoms with Crippen molar-refractivity contribution >= 4 is 47.6 Å². The number of nitrogens with zero attached hydrogens (tertiary/aromatic N) is 5. The average molecular weight is 582 g/mol. The molecule has 0 saturated carbocycles. The summed E-state index contributed by atoms with van der Waals surface area (Å²) in [5.74, 6) is 1.46. The van der Waals surface area contributed by atoms with Crippen LogP contribution in [0, 0.1) is 9.52 Å². The van der Waals surface area contributed by atoms with Gasteiger partial charge in [0.2, 0.25) is 0 Å². The van der Waals surface area contributed by atoms with E-state index in [2.05, 4.69) is 57.2 Å². The Morgan fingerprint density at radius 2 is 2.03 bits per heavy atom. The fourth-order valence-electron chi connectivity index (χ4n) is 4.49. The van der Waals surface area contributed by atoms with Crippen LogP contribution in [-0.2, 0) is 17.9 Å². The van der Waals surface area contributed by atoms with Crippen molar-refractivity contribution < 1.29 is 13.9 Å². The van der Waals surface area contributed by atoms with Gasteiger partial charge in [0.1, 0.15) is 35.2 Å². The first-order chi connectivity index (χ1) is 15.7. The van der Waals surface area contributed by atoms with Gasteiger partial charge in [0.25, 0.3) is 0 Å². The van der Waals surface area contributed by atoms with Crippen LogP contribution in [0.15, 0.2) is 24.4 Å². The molecule has 3 aromatic rings. The number of anilines is 1. The van der Waals surface area contributed by atoms with Gasteiger partial charge in [-0.1, -0.05) is 19.6 Å². The molecule has 2 aromatic heterocycles. The monoisotopic (exact) mass is 581 g/mol. The van der Waals surface area contributed by atoms with Crippen molar-refractivity contribution in [2.24, 2.45) is 0 Å². The molecule has 33 heavy (non-hydrogen) atoms. The second-order valence-electron chi connectivity index (χ2n) is 10.2. The summed E-state index contributed by atoms with van der Waals surface area (Å²) >= 11 is 2.20. The molecule has 0 unspecified atom stereocenters. The molecular weight excluding hydrogens is 552 g/mol. The molecule has 2 aliphatic rings. The number of hydrogen-bond acceptors (Lipinski definition) is 6. The zero-order chi connectivity index (χ0) is 23.2. The molecule has 0 N–H and O–H groups in total. The normalized spacial score (nSPS) is 17.5. The van der Waals surface area contributed by atoms with Crippen molar-refractivity contribution in [2.45, 2.75) is 57.3 Å². The zero-order valence-corrected chi connectivity index (χ0v) is 22.4. The molecule has 0 amide bonds. The van der Waals surface area contributed by atoms with E-state index in [1.807, 2.05) is 10.9 Å². The van der Waals surface area contributed by atoms with Crippen LogP contribution < -0.4 is 9.64 Å². The van der Waals surface area contributed by atoms with Gasteiger partial charge < -0.3 is 14.4 Å². The molecule has 176 valence electrons. The van der Waals surface area contributed by atoms with Crippen molar-refractivity contribution in [3.63, 3.8) is 0 Å². The van der Waals surface area contributed by atoms with Crippen molar-refractivity contribution in [2.75, 3.05) is 24.6 Å². The van der Waals surface area contributed by atoms with Crippen molar-refractivity contribution in [3.8, 4) is 5.75 Å². The molecule has 1 aromatic carbocycles. The largest absolute Gasteiger partial charge is 0.487 e. The standard InChI is InChI=1S/C23H29FIN5O2Si/c1-33(2,3)11-10-31-15-30-22-20(21(25)28-30)26-14-19(27-22)29-8-6-23(7-9-29)13-16-12-17(24)4-5-18(16)32-23/h4-5,12,14H,6-11,13,15H2,1-3H3. The summed E-state index contributed by atoms with van der Waals surface area (Å²) in [7, 11) is -1.13. The van der Waals surface area contributed by atoms with E-state index in [4.69, 9.17) is 14.5 Å². The Balaban J connectivity index is 1.27. The molecule has 1 saturated heterocycles. The van der Waals surface area contributed by atoms with E-state index >= 15 is 0 Å². The van der Waals surface area contributed by atoms with Gasteiger partial charge in [-0.25, -0.2) is 19.0 Å². The maximum absolute atomic E-state index is 13.6. The molecule has 0 radical (unpaired) electrons. The molecule has 0 aliphatic carbocycles. The molecule has 1 fully saturated rings. The summed E-state index contributed by atoms with van der Waals surface area (Å²) in [4.78, 5) is 11.8. The first-order valence-electron chi connectivity index (χ1n) is 11.4. The highest BCUT2D eigenvalue weighted by molar-refractivity contribution is 14.1. The summed E-state index contributed by atoms with van der Waals surface area (Å²) in [6.45, 7) is 9.78. The predicted octanol–water partition coefficient (Wildman–Crippen LogP) is 4.86. The summed E-state index contributed by atoms with van der Waals surface area (Å²) in [5, 5.41) is 4.59. The fraction of sp³-hybridized carbons (Fsp3) is 0.522. The average Bonchev–Trinajstić information content (AvgIpc) is 3.27. The SMILES string of the molecule is C[Si](C)(C)CCOCn1nc(I)c2ncc(N3CCC4(CC3)Cc3cc(F)ccc3O4)nc21.